The lowest BCUT2D eigenvalue weighted by Crippen LogP contribution is -2.41. The van der Waals surface area contributed by atoms with E-state index in [-0.39, 0.29) is 23.4 Å². The molecule has 2 aromatic rings. The summed E-state index contributed by atoms with van der Waals surface area (Å²) in [6.45, 7) is 2.14. The fourth-order valence-electron chi connectivity index (χ4n) is 4.74. The lowest BCUT2D eigenvalue weighted by atomic mass is 10.2. The van der Waals surface area contributed by atoms with E-state index in [1.165, 1.54) is 12.8 Å². The third-order valence-corrected chi connectivity index (χ3v) is 9.33. The zero-order valence-electron chi connectivity index (χ0n) is 17.6. The van der Waals surface area contributed by atoms with Crippen molar-refractivity contribution >= 4 is 43.2 Å². The lowest BCUT2D eigenvalue weighted by Gasteiger charge is -2.26. The second-order valence-electron chi connectivity index (χ2n) is 8.91. The van der Waals surface area contributed by atoms with E-state index in [9.17, 15) is 12.8 Å². The normalized spacial score (nSPS) is 24.7. The van der Waals surface area contributed by atoms with Gasteiger partial charge in [-0.05, 0) is 37.5 Å². The van der Waals surface area contributed by atoms with Crippen LogP contribution in [0, 0.1) is 5.82 Å². The van der Waals surface area contributed by atoms with Gasteiger partial charge in [0.15, 0.2) is 9.84 Å². The second-order valence-corrected chi connectivity index (χ2v) is 12.2. The number of thioether (sulfide) groups is 1. The van der Waals surface area contributed by atoms with Crippen molar-refractivity contribution in [3.8, 4) is 0 Å². The molecule has 0 spiro atoms. The molecular formula is C22H29FN4O2S2. The van der Waals surface area contributed by atoms with E-state index in [0.29, 0.717) is 19.1 Å². The first-order valence-electron chi connectivity index (χ1n) is 11.2. The molecule has 2 fully saturated rings. The number of aliphatic imine (C=N–C) groups is 1. The maximum atomic E-state index is 14.2. The van der Waals surface area contributed by atoms with Crippen LogP contribution in [-0.4, -0.2) is 72.3 Å². The van der Waals surface area contributed by atoms with Gasteiger partial charge in [-0.3, -0.25) is 4.99 Å². The van der Waals surface area contributed by atoms with Crippen molar-refractivity contribution in [3.05, 3.63) is 29.7 Å². The van der Waals surface area contributed by atoms with Gasteiger partial charge < -0.3 is 15.2 Å². The van der Waals surface area contributed by atoms with Gasteiger partial charge in [0.05, 0.1) is 34.4 Å². The third kappa shape index (κ3) is 4.93. The van der Waals surface area contributed by atoms with E-state index in [1.54, 1.807) is 23.9 Å². The molecule has 5 rings (SSSR count). The Morgan fingerprint density at radius 1 is 1.19 bits per heavy atom. The predicted molar refractivity (Wildman–Crippen MR) is 127 cm³/mol. The highest BCUT2D eigenvalue weighted by atomic mass is 32.2. The van der Waals surface area contributed by atoms with Crippen LogP contribution in [0.1, 0.15) is 37.8 Å². The van der Waals surface area contributed by atoms with Gasteiger partial charge in [0, 0.05) is 36.8 Å². The summed E-state index contributed by atoms with van der Waals surface area (Å²) < 4.78 is 37.4. The molecule has 31 heavy (non-hydrogen) atoms. The van der Waals surface area contributed by atoms with E-state index in [0.717, 1.165) is 58.9 Å². The Morgan fingerprint density at radius 2 is 1.97 bits per heavy atom. The van der Waals surface area contributed by atoms with Crippen LogP contribution in [0.4, 0.5) is 10.1 Å². The molecule has 2 N–H and O–H groups in total. The van der Waals surface area contributed by atoms with Crippen molar-refractivity contribution in [2.45, 2.75) is 44.2 Å². The standard InChI is InChI=1S/C22H29FN4O2S2/c23-16-11-15-12-20(26-21(15)19(13-16)24-17-3-1-2-4-17)22-25-18(14-30-22)5-6-27-7-9-31(28,29)10-8-27/h11-13,17-18,24,26H,1-10,14H2. The molecule has 6 nitrogen and oxygen atoms in total. The predicted octanol–water partition coefficient (Wildman–Crippen LogP) is 3.64. The molecule has 0 amide bonds. The monoisotopic (exact) mass is 464 g/mol. The van der Waals surface area contributed by atoms with E-state index in [4.69, 9.17) is 4.99 Å². The van der Waals surface area contributed by atoms with Crippen molar-refractivity contribution in [1.29, 1.82) is 0 Å². The summed E-state index contributed by atoms with van der Waals surface area (Å²) in [5, 5.41) is 5.39. The molecule has 1 aromatic heterocycles. The zero-order chi connectivity index (χ0) is 21.4. The number of halogens is 1. The third-order valence-electron chi connectivity index (χ3n) is 6.57. The summed E-state index contributed by atoms with van der Waals surface area (Å²) in [6, 6.07) is 5.83. The van der Waals surface area contributed by atoms with Gasteiger partial charge in [0.1, 0.15) is 10.9 Å². The molecule has 0 bridgehead atoms. The minimum atomic E-state index is -2.83. The Labute approximate surface area is 187 Å². The average molecular weight is 465 g/mol. The van der Waals surface area contributed by atoms with Crippen LogP contribution >= 0.6 is 11.8 Å². The van der Waals surface area contributed by atoms with Crippen LogP contribution in [0.3, 0.4) is 0 Å². The minimum absolute atomic E-state index is 0.221. The van der Waals surface area contributed by atoms with Crippen LogP contribution in [0.15, 0.2) is 23.2 Å². The van der Waals surface area contributed by atoms with Crippen molar-refractivity contribution in [1.82, 2.24) is 9.88 Å². The van der Waals surface area contributed by atoms with Crippen LogP contribution in [-0.2, 0) is 9.84 Å². The first-order chi connectivity index (χ1) is 14.9. The average Bonchev–Trinajstić information content (AvgIpc) is 3.47. The van der Waals surface area contributed by atoms with Gasteiger partial charge in [-0.2, -0.15) is 0 Å². The first kappa shape index (κ1) is 21.3. The number of H-pyrrole nitrogens is 1. The number of anilines is 1. The summed E-state index contributed by atoms with van der Waals surface area (Å²) in [5.41, 5.74) is 2.74. The molecule has 168 valence electrons. The number of aromatic nitrogens is 1. The number of hydrogen-bond donors (Lipinski definition) is 2. The summed E-state index contributed by atoms with van der Waals surface area (Å²) in [6.07, 6.45) is 5.67. The molecule has 3 heterocycles. The quantitative estimate of drug-likeness (QED) is 0.683. The van der Waals surface area contributed by atoms with E-state index in [2.05, 4.69) is 15.2 Å². The van der Waals surface area contributed by atoms with Gasteiger partial charge in [0.25, 0.3) is 0 Å². The van der Waals surface area contributed by atoms with Crippen molar-refractivity contribution in [3.63, 3.8) is 0 Å². The maximum absolute atomic E-state index is 14.2. The molecule has 1 saturated carbocycles. The summed E-state index contributed by atoms with van der Waals surface area (Å²) in [5.74, 6) is 1.24. The van der Waals surface area contributed by atoms with Crippen molar-refractivity contribution < 1.29 is 12.8 Å². The summed E-state index contributed by atoms with van der Waals surface area (Å²) in [4.78, 5) is 10.6. The Bertz CT molecular complexity index is 1080. The van der Waals surface area contributed by atoms with E-state index < -0.39 is 9.84 Å². The number of nitrogens with zero attached hydrogens (tertiary/aromatic N) is 2. The highest BCUT2D eigenvalue weighted by Gasteiger charge is 2.25. The maximum Gasteiger partial charge on any atom is 0.152 e. The van der Waals surface area contributed by atoms with Gasteiger partial charge in [-0.1, -0.05) is 12.8 Å². The van der Waals surface area contributed by atoms with Crippen molar-refractivity contribution in [2.24, 2.45) is 4.99 Å². The molecule has 0 radical (unpaired) electrons. The Kier molecular flexibility index (Phi) is 6.00. The number of rotatable bonds is 6. The molecule has 1 saturated heterocycles. The van der Waals surface area contributed by atoms with Crippen LogP contribution in [0.25, 0.3) is 10.9 Å². The number of hydrogen-bond acceptors (Lipinski definition) is 6. The number of sulfone groups is 1. The van der Waals surface area contributed by atoms with Crippen molar-refractivity contribution in [2.75, 3.05) is 42.2 Å². The van der Waals surface area contributed by atoms with Crippen LogP contribution in [0.2, 0.25) is 0 Å². The minimum Gasteiger partial charge on any atom is -0.381 e. The van der Waals surface area contributed by atoms with E-state index >= 15 is 0 Å². The Hall–Kier alpha value is -1.58. The largest absolute Gasteiger partial charge is 0.381 e. The topological polar surface area (TPSA) is 77.6 Å². The number of fused-ring (bicyclic) bond motifs is 1. The summed E-state index contributed by atoms with van der Waals surface area (Å²) >= 11 is 1.74. The second kappa shape index (κ2) is 8.75. The fourth-order valence-corrected chi connectivity index (χ4v) is 7.10. The number of benzene rings is 1. The van der Waals surface area contributed by atoms with Crippen LogP contribution < -0.4 is 5.32 Å². The van der Waals surface area contributed by atoms with Gasteiger partial charge in [-0.15, -0.1) is 11.8 Å². The first-order valence-corrected chi connectivity index (χ1v) is 14.0. The lowest BCUT2D eigenvalue weighted by molar-refractivity contribution is 0.286. The fraction of sp³-hybridized carbons (Fsp3) is 0.591. The molecule has 9 heteroatoms. The molecule has 2 aliphatic heterocycles. The molecule has 1 unspecified atom stereocenters. The molecule has 1 atom stereocenters. The van der Waals surface area contributed by atoms with Crippen LogP contribution in [0.5, 0.6) is 0 Å². The molecule has 1 aliphatic carbocycles. The molecule has 3 aliphatic rings. The number of nitrogens with one attached hydrogen (secondary N) is 2. The van der Waals surface area contributed by atoms with E-state index in [1.807, 2.05) is 6.07 Å². The van der Waals surface area contributed by atoms with Gasteiger partial charge >= 0.3 is 0 Å². The number of aromatic amines is 1. The highest BCUT2D eigenvalue weighted by Crippen LogP contribution is 2.32. The van der Waals surface area contributed by atoms with Gasteiger partial charge in [0.2, 0.25) is 0 Å². The van der Waals surface area contributed by atoms with Gasteiger partial charge in [-0.25, -0.2) is 12.8 Å². The summed E-state index contributed by atoms with van der Waals surface area (Å²) in [7, 11) is -2.83. The molecular weight excluding hydrogens is 435 g/mol. The Balaban J connectivity index is 1.27. The highest BCUT2D eigenvalue weighted by molar-refractivity contribution is 8.14. The molecule has 1 aromatic carbocycles. The Morgan fingerprint density at radius 3 is 2.74 bits per heavy atom. The smallest absolute Gasteiger partial charge is 0.152 e. The SMILES string of the molecule is O=S1(=O)CCN(CCC2CSC(c3cc4cc(F)cc(NC5CCCC5)c4[nH]3)=N2)CC1. The zero-order valence-corrected chi connectivity index (χ0v) is 19.2.